The van der Waals surface area contributed by atoms with E-state index in [1.807, 2.05) is 0 Å². The molecule has 1 fully saturated rings. The van der Waals surface area contributed by atoms with Gasteiger partial charge in [-0.15, -0.1) is 0 Å². The number of hydrogen-bond donors (Lipinski definition) is 1. The highest BCUT2D eigenvalue weighted by atomic mass is 19.4. The van der Waals surface area contributed by atoms with Gasteiger partial charge >= 0.3 is 6.18 Å². The number of imidazole rings is 1. The molecule has 0 spiro atoms. The second-order valence-corrected chi connectivity index (χ2v) is 5.65. The molecular weight excluding hydrogens is 321 g/mol. The second kappa shape index (κ2) is 5.55. The zero-order valence-electron chi connectivity index (χ0n) is 12.5. The van der Waals surface area contributed by atoms with E-state index in [2.05, 4.69) is 19.9 Å². The molecule has 3 aromatic rings. The molecule has 1 saturated heterocycles. The van der Waals surface area contributed by atoms with E-state index in [9.17, 15) is 13.2 Å². The van der Waals surface area contributed by atoms with Crippen molar-refractivity contribution in [3.63, 3.8) is 0 Å². The van der Waals surface area contributed by atoms with E-state index in [0.717, 1.165) is 12.5 Å². The first-order chi connectivity index (χ1) is 11.5. The lowest BCUT2D eigenvalue weighted by Crippen LogP contribution is -2.07. The summed E-state index contributed by atoms with van der Waals surface area (Å²) in [4.78, 5) is 15.8. The molecule has 124 valence electrons. The SMILES string of the molecule is FC(F)(F)c1ccccc1-c1nc2nc([C@H]3CCOC3)ncc2[nH]1. The first-order valence-electron chi connectivity index (χ1n) is 7.49. The van der Waals surface area contributed by atoms with Crippen molar-refractivity contribution in [1.82, 2.24) is 19.9 Å². The number of aromatic nitrogens is 4. The van der Waals surface area contributed by atoms with E-state index in [-0.39, 0.29) is 17.3 Å². The normalized spacial score (nSPS) is 18.4. The highest BCUT2D eigenvalue weighted by Gasteiger charge is 2.34. The first-order valence-corrected chi connectivity index (χ1v) is 7.49. The third kappa shape index (κ3) is 2.62. The number of alkyl halides is 3. The smallest absolute Gasteiger partial charge is 0.381 e. The van der Waals surface area contributed by atoms with Gasteiger partial charge in [-0.2, -0.15) is 13.2 Å². The summed E-state index contributed by atoms with van der Waals surface area (Å²) < 4.78 is 44.8. The molecule has 24 heavy (non-hydrogen) atoms. The van der Waals surface area contributed by atoms with Gasteiger partial charge in [0.2, 0.25) is 0 Å². The zero-order chi connectivity index (χ0) is 16.7. The maximum absolute atomic E-state index is 13.2. The molecule has 1 aromatic carbocycles. The number of hydrogen-bond acceptors (Lipinski definition) is 4. The van der Waals surface area contributed by atoms with Crippen molar-refractivity contribution in [2.24, 2.45) is 0 Å². The number of benzene rings is 1. The largest absolute Gasteiger partial charge is 0.417 e. The number of aromatic amines is 1. The Hall–Kier alpha value is -2.48. The van der Waals surface area contributed by atoms with Crippen LogP contribution in [-0.4, -0.2) is 33.1 Å². The summed E-state index contributed by atoms with van der Waals surface area (Å²) in [5.74, 6) is 0.853. The Morgan fingerprint density at radius 1 is 1.17 bits per heavy atom. The lowest BCUT2D eigenvalue weighted by molar-refractivity contribution is -0.137. The van der Waals surface area contributed by atoms with Crippen molar-refractivity contribution in [2.45, 2.75) is 18.5 Å². The molecule has 0 unspecified atom stereocenters. The summed E-state index contributed by atoms with van der Waals surface area (Å²) in [6.45, 7) is 1.22. The molecule has 8 heteroatoms. The molecule has 4 rings (SSSR count). The Labute approximate surface area is 134 Å². The van der Waals surface area contributed by atoms with Crippen LogP contribution >= 0.6 is 0 Å². The van der Waals surface area contributed by atoms with E-state index < -0.39 is 11.7 Å². The van der Waals surface area contributed by atoms with Crippen LogP contribution in [0.3, 0.4) is 0 Å². The van der Waals surface area contributed by atoms with Gasteiger partial charge in [0.25, 0.3) is 0 Å². The molecule has 3 heterocycles. The van der Waals surface area contributed by atoms with Crippen LogP contribution in [0.25, 0.3) is 22.6 Å². The van der Waals surface area contributed by atoms with Gasteiger partial charge in [-0.1, -0.05) is 18.2 Å². The van der Waals surface area contributed by atoms with Gasteiger partial charge in [-0.3, -0.25) is 0 Å². The molecular formula is C16H13F3N4O. The van der Waals surface area contributed by atoms with Gasteiger partial charge in [-0.25, -0.2) is 15.0 Å². The molecule has 0 saturated carbocycles. The minimum absolute atomic E-state index is 0.00579. The number of rotatable bonds is 2. The summed E-state index contributed by atoms with van der Waals surface area (Å²) >= 11 is 0. The van der Waals surface area contributed by atoms with Crippen LogP contribution in [-0.2, 0) is 10.9 Å². The van der Waals surface area contributed by atoms with Crippen LogP contribution in [0.15, 0.2) is 30.5 Å². The van der Waals surface area contributed by atoms with E-state index in [1.165, 1.54) is 12.1 Å². The van der Waals surface area contributed by atoms with Crippen molar-refractivity contribution >= 4 is 11.2 Å². The molecule has 0 aliphatic carbocycles. The van der Waals surface area contributed by atoms with Gasteiger partial charge in [0.05, 0.1) is 18.4 Å². The minimum Gasteiger partial charge on any atom is -0.381 e. The summed E-state index contributed by atoms with van der Waals surface area (Å²) in [6.07, 6.45) is -2.06. The number of halogens is 3. The van der Waals surface area contributed by atoms with Crippen molar-refractivity contribution in [3.05, 3.63) is 41.9 Å². The number of fused-ring (bicyclic) bond motifs is 1. The highest BCUT2D eigenvalue weighted by molar-refractivity contribution is 5.76. The summed E-state index contributed by atoms with van der Waals surface area (Å²) in [5, 5.41) is 0. The van der Waals surface area contributed by atoms with Crippen molar-refractivity contribution in [3.8, 4) is 11.4 Å². The fourth-order valence-corrected chi connectivity index (χ4v) is 2.82. The van der Waals surface area contributed by atoms with Crippen LogP contribution < -0.4 is 0 Å². The molecule has 5 nitrogen and oxygen atoms in total. The fraction of sp³-hybridized carbons (Fsp3) is 0.312. The third-order valence-electron chi connectivity index (χ3n) is 4.04. The van der Waals surface area contributed by atoms with Gasteiger partial charge in [0, 0.05) is 18.1 Å². The number of ether oxygens (including phenoxy) is 1. The molecule has 1 aliphatic heterocycles. The first kappa shape index (κ1) is 15.1. The Morgan fingerprint density at radius 2 is 2.00 bits per heavy atom. The summed E-state index contributed by atoms with van der Waals surface area (Å²) in [7, 11) is 0. The Kier molecular flexibility index (Phi) is 3.49. The third-order valence-corrected chi connectivity index (χ3v) is 4.04. The van der Waals surface area contributed by atoms with Crippen molar-refractivity contribution in [2.75, 3.05) is 13.2 Å². The lowest BCUT2D eigenvalue weighted by Gasteiger charge is -2.10. The van der Waals surface area contributed by atoms with Gasteiger partial charge < -0.3 is 9.72 Å². The zero-order valence-corrected chi connectivity index (χ0v) is 12.5. The Bertz CT molecular complexity index is 884. The van der Waals surface area contributed by atoms with Crippen molar-refractivity contribution in [1.29, 1.82) is 0 Å². The molecule has 0 bridgehead atoms. The monoisotopic (exact) mass is 334 g/mol. The summed E-state index contributed by atoms with van der Waals surface area (Å²) in [6, 6.07) is 5.33. The predicted octanol–water partition coefficient (Wildman–Crippen LogP) is 3.54. The van der Waals surface area contributed by atoms with Gasteiger partial charge in [-0.05, 0) is 12.5 Å². The van der Waals surface area contributed by atoms with E-state index in [1.54, 1.807) is 12.3 Å². The van der Waals surface area contributed by atoms with Gasteiger partial charge in [0.1, 0.15) is 17.2 Å². The maximum atomic E-state index is 13.2. The average molecular weight is 334 g/mol. The van der Waals surface area contributed by atoms with Crippen LogP contribution in [0.4, 0.5) is 13.2 Å². The van der Waals surface area contributed by atoms with E-state index in [4.69, 9.17) is 4.74 Å². The number of nitrogens with zero attached hydrogens (tertiary/aromatic N) is 3. The van der Waals surface area contributed by atoms with Crippen LogP contribution in [0.1, 0.15) is 23.7 Å². The van der Waals surface area contributed by atoms with Crippen LogP contribution in [0.5, 0.6) is 0 Å². The average Bonchev–Trinajstić information content (AvgIpc) is 3.22. The molecule has 2 aromatic heterocycles. The second-order valence-electron chi connectivity index (χ2n) is 5.65. The number of nitrogens with one attached hydrogen (secondary N) is 1. The molecule has 0 radical (unpaired) electrons. The maximum Gasteiger partial charge on any atom is 0.417 e. The molecule has 1 aliphatic rings. The molecule has 0 amide bonds. The van der Waals surface area contributed by atoms with Crippen LogP contribution in [0, 0.1) is 0 Å². The number of H-pyrrole nitrogens is 1. The Balaban J connectivity index is 1.79. The fourth-order valence-electron chi connectivity index (χ4n) is 2.82. The standard InChI is InChI=1S/C16H13F3N4O/c17-16(18,19)11-4-2-1-3-10(11)14-21-12-7-20-13(22-15(12)23-14)9-5-6-24-8-9/h1-4,7,9H,5-6,8H2,(H,20,21,22,23)/t9-/m0/s1. The Morgan fingerprint density at radius 3 is 2.75 bits per heavy atom. The predicted molar refractivity (Wildman–Crippen MR) is 80.3 cm³/mol. The van der Waals surface area contributed by atoms with Crippen LogP contribution in [0.2, 0.25) is 0 Å². The topological polar surface area (TPSA) is 63.7 Å². The minimum atomic E-state index is -4.45. The van der Waals surface area contributed by atoms with Gasteiger partial charge in [0.15, 0.2) is 5.65 Å². The van der Waals surface area contributed by atoms with E-state index in [0.29, 0.717) is 30.2 Å². The summed E-state index contributed by atoms with van der Waals surface area (Å²) in [5.41, 5.74) is 0.124. The lowest BCUT2D eigenvalue weighted by atomic mass is 10.1. The van der Waals surface area contributed by atoms with E-state index >= 15 is 0 Å². The van der Waals surface area contributed by atoms with Crippen molar-refractivity contribution < 1.29 is 17.9 Å². The molecule has 1 atom stereocenters. The molecule has 1 N–H and O–H groups in total. The highest BCUT2D eigenvalue weighted by Crippen LogP contribution is 2.36. The quantitative estimate of drug-likeness (QED) is 0.778.